The molecular weight excluding hydrogens is 414 g/mol. The number of likely N-dealkylation sites (tertiary alicyclic amines) is 1. The van der Waals surface area contributed by atoms with E-state index in [4.69, 9.17) is 4.74 Å². The molecule has 1 aliphatic carbocycles. The third kappa shape index (κ3) is 3.97. The number of rotatable bonds is 6. The monoisotopic (exact) mass is 438 g/mol. The number of carbonyl (C=O) groups is 1. The van der Waals surface area contributed by atoms with Crippen molar-refractivity contribution in [3.05, 3.63) is 54.4 Å². The molecule has 0 spiro atoms. The van der Waals surface area contributed by atoms with Gasteiger partial charge in [0.1, 0.15) is 23.7 Å². The lowest BCUT2D eigenvalue weighted by Crippen LogP contribution is -2.30. The van der Waals surface area contributed by atoms with Crippen molar-refractivity contribution in [1.29, 1.82) is 0 Å². The van der Waals surface area contributed by atoms with Crippen LogP contribution in [0.2, 0.25) is 0 Å². The molecule has 1 aliphatic heterocycles. The van der Waals surface area contributed by atoms with Crippen molar-refractivity contribution in [2.45, 2.75) is 25.8 Å². The van der Waals surface area contributed by atoms with E-state index >= 15 is 4.39 Å². The highest BCUT2D eigenvalue weighted by Gasteiger charge is 2.36. The predicted molar refractivity (Wildman–Crippen MR) is 115 cm³/mol. The summed E-state index contributed by atoms with van der Waals surface area (Å²) in [6, 6.07) is 9.07. The first-order chi connectivity index (χ1) is 15.5. The molecule has 2 aromatic carbocycles. The highest BCUT2D eigenvalue weighted by molar-refractivity contribution is 5.81. The van der Waals surface area contributed by atoms with Crippen LogP contribution in [-0.4, -0.2) is 45.8 Å². The maximum atomic E-state index is 15.1. The summed E-state index contributed by atoms with van der Waals surface area (Å²) in [6.07, 6.45) is 4.52. The molecule has 2 aliphatic rings. The Morgan fingerprint density at radius 3 is 2.59 bits per heavy atom. The third-order valence-corrected chi connectivity index (χ3v) is 6.29. The van der Waals surface area contributed by atoms with E-state index in [-0.39, 0.29) is 17.7 Å². The molecule has 1 atom stereocenters. The minimum atomic E-state index is -0.496. The van der Waals surface area contributed by atoms with Gasteiger partial charge in [0.05, 0.1) is 12.7 Å². The van der Waals surface area contributed by atoms with Crippen LogP contribution in [-0.2, 0) is 11.3 Å². The lowest BCUT2D eigenvalue weighted by Gasteiger charge is -2.17. The molecule has 1 aromatic heterocycles. The fraction of sp³-hybridized carbons (Fsp3) is 0.375. The number of amides is 1. The average molecular weight is 438 g/mol. The Bertz CT molecular complexity index is 1160. The van der Waals surface area contributed by atoms with Crippen LogP contribution in [0.4, 0.5) is 8.78 Å². The normalized spacial score (nSPS) is 18.2. The number of nitrogens with zero attached hydrogens (tertiary/aromatic N) is 4. The molecule has 0 radical (unpaired) electrons. The highest BCUT2D eigenvalue weighted by Crippen LogP contribution is 2.34. The van der Waals surface area contributed by atoms with E-state index in [0.29, 0.717) is 41.4 Å². The molecule has 5 rings (SSSR count). The van der Waals surface area contributed by atoms with Gasteiger partial charge in [-0.25, -0.2) is 8.78 Å². The summed E-state index contributed by atoms with van der Waals surface area (Å²) in [5.41, 5.74) is 1.04. The van der Waals surface area contributed by atoms with Crippen molar-refractivity contribution in [3.63, 3.8) is 0 Å². The summed E-state index contributed by atoms with van der Waals surface area (Å²) >= 11 is 0. The van der Waals surface area contributed by atoms with E-state index in [9.17, 15) is 9.18 Å². The van der Waals surface area contributed by atoms with Crippen LogP contribution in [0.3, 0.4) is 0 Å². The summed E-state index contributed by atoms with van der Waals surface area (Å²) in [5.74, 6) is 0.626. The lowest BCUT2D eigenvalue weighted by atomic mass is 10.0. The molecule has 8 heteroatoms. The molecule has 0 unspecified atom stereocenters. The Morgan fingerprint density at radius 2 is 1.88 bits per heavy atom. The second-order valence-corrected chi connectivity index (χ2v) is 8.56. The molecule has 3 aromatic rings. The fourth-order valence-corrected chi connectivity index (χ4v) is 4.37. The molecule has 0 N–H and O–H groups in total. The lowest BCUT2D eigenvalue weighted by molar-refractivity contribution is -0.131. The van der Waals surface area contributed by atoms with Crippen LogP contribution in [0, 0.1) is 23.5 Å². The smallest absolute Gasteiger partial charge is 0.225 e. The van der Waals surface area contributed by atoms with Crippen molar-refractivity contribution in [1.82, 2.24) is 19.7 Å². The topological polar surface area (TPSA) is 60.3 Å². The maximum Gasteiger partial charge on any atom is 0.225 e. The zero-order valence-corrected chi connectivity index (χ0v) is 17.8. The van der Waals surface area contributed by atoms with Crippen molar-refractivity contribution >= 4 is 5.91 Å². The molecule has 1 saturated carbocycles. The maximum absolute atomic E-state index is 15.1. The summed E-state index contributed by atoms with van der Waals surface area (Å²) in [6.45, 7) is 2.10. The number of carbonyl (C=O) groups excluding carboxylic acids is 1. The Balaban J connectivity index is 1.34. The van der Waals surface area contributed by atoms with Crippen molar-refractivity contribution < 1.29 is 18.3 Å². The van der Waals surface area contributed by atoms with E-state index in [1.54, 1.807) is 30.6 Å². The molecule has 6 nitrogen and oxygen atoms in total. The number of halogens is 2. The van der Waals surface area contributed by atoms with Crippen LogP contribution in [0.15, 0.2) is 42.7 Å². The molecule has 1 saturated heterocycles. The molecule has 166 valence electrons. The summed E-state index contributed by atoms with van der Waals surface area (Å²) < 4.78 is 36.3. The van der Waals surface area contributed by atoms with Crippen LogP contribution in [0.25, 0.3) is 22.5 Å². The second kappa shape index (κ2) is 8.33. The van der Waals surface area contributed by atoms with Gasteiger partial charge >= 0.3 is 0 Å². The number of hydrogen-bond acceptors (Lipinski definition) is 4. The van der Waals surface area contributed by atoms with Gasteiger partial charge in [-0.1, -0.05) is 6.07 Å². The molecule has 0 bridgehead atoms. The Labute approximate surface area is 184 Å². The first-order valence-corrected chi connectivity index (χ1v) is 10.8. The van der Waals surface area contributed by atoms with Crippen LogP contribution in [0.5, 0.6) is 5.75 Å². The number of hydrogen-bond donors (Lipinski definition) is 0. The van der Waals surface area contributed by atoms with E-state index < -0.39 is 11.6 Å². The van der Waals surface area contributed by atoms with Gasteiger partial charge in [-0.15, -0.1) is 10.2 Å². The first-order valence-electron chi connectivity index (χ1n) is 10.8. The Morgan fingerprint density at radius 1 is 1.09 bits per heavy atom. The molecule has 2 heterocycles. The standard InChI is InChI=1S/C24H24F2N4O2/c1-32-18-5-7-19(22(26)11-18)17-4-6-20(21(25)10-17)23-28-27-14-30(23)13-15-8-9-29(12-15)24(31)16-2-3-16/h4-7,10-11,14-16H,2-3,8-9,12-13H2,1H3/t15-/m1/s1. The number of aromatic nitrogens is 3. The Kier molecular flexibility index (Phi) is 5.36. The molecular formula is C24H24F2N4O2. The summed E-state index contributed by atoms with van der Waals surface area (Å²) in [7, 11) is 1.47. The SMILES string of the molecule is COc1ccc(-c2ccc(-c3nncn3C[C@@H]3CCN(C(=O)C4CC4)C3)c(F)c2)c(F)c1. The Hall–Kier alpha value is -3.29. The van der Waals surface area contributed by atoms with Gasteiger partial charge in [0.15, 0.2) is 5.82 Å². The minimum Gasteiger partial charge on any atom is -0.497 e. The zero-order chi connectivity index (χ0) is 22.2. The van der Waals surface area contributed by atoms with Gasteiger partial charge in [0.25, 0.3) is 0 Å². The van der Waals surface area contributed by atoms with Gasteiger partial charge in [-0.05, 0) is 55.0 Å². The quantitative estimate of drug-likeness (QED) is 0.580. The number of ether oxygens (including phenoxy) is 1. The number of benzene rings is 2. The molecule has 1 amide bonds. The highest BCUT2D eigenvalue weighted by atomic mass is 19.1. The van der Waals surface area contributed by atoms with Crippen LogP contribution in [0.1, 0.15) is 19.3 Å². The van der Waals surface area contributed by atoms with Gasteiger partial charge in [0, 0.05) is 37.2 Å². The van der Waals surface area contributed by atoms with E-state index in [0.717, 1.165) is 25.8 Å². The molecule has 32 heavy (non-hydrogen) atoms. The first kappa shape index (κ1) is 20.6. The van der Waals surface area contributed by atoms with Gasteiger partial charge in [0.2, 0.25) is 5.91 Å². The van der Waals surface area contributed by atoms with E-state index in [1.807, 2.05) is 9.47 Å². The second-order valence-electron chi connectivity index (χ2n) is 8.56. The van der Waals surface area contributed by atoms with Gasteiger partial charge in [-0.3, -0.25) is 4.79 Å². The summed E-state index contributed by atoms with van der Waals surface area (Å²) in [4.78, 5) is 14.3. The average Bonchev–Trinajstić information content (AvgIpc) is 3.38. The third-order valence-electron chi connectivity index (χ3n) is 6.29. The fourth-order valence-electron chi connectivity index (χ4n) is 4.37. The van der Waals surface area contributed by atoms with E-state index in [2.05, 4.69) is 10.2 Å². The van der Waals surface area contributed by atoms with E-state index in [1.165, 1.54) is 19.2 Å². The van der Waals surface area contributed by atoms with Crippen molar-refractivity contribution in [3.8, 4) is 28.3 Å². The number of methoxy groups -OCH3 is 1. The summed E-state index contributed by atoms with van der Waals surface area (Å²) in [5, 5.41) is 8.11. The largest absolute Gasteiger partial charge is 0.497 e. The van der Waals surface area contributed by atoms with Crippen molar-refractivity contribution in [2.75, 3.05) is 20.2 Å². The van der Waals surface area contributed by atoms with Gasteiger partial charge in [-0.2, -0.15) is 0 Å². The van der Waals surface area contributed by atoms with Crippen LogP contribution >= 0.6 is 0 Å². The van der Waals surface area contributed by atoms with Gasteiger partial charge < -0.3 is 14.2 Å². The van der Waals surface area contributed by atoms with Crippen LogP contribution < -0.4 is 4.74 Å². The van der Waals surface area contributed by atoms with Crippen molar-refractivity contribution in [2.24, 2.45) is 11.8 Å². The predicted octanol–water partition coefficient (Wildman–Crippen LogP) is 4.16. The minimum absolute atomic E-state index is 0.224. The zero-order valence-electron chi connectivity index (χ0n) is 17.8. The molecule has 2 fully saturated rings.